The summed E-state index contributed by atoms with van der Waals surface area (Å²) in [6.45, 7) is 2.74. The highest BCUT2D eigenvalue weighted by molar-refractivity contribution is 5.93. The second-order valence-corrected chi connectivity index (χ2v) is 7.46. The molecule has 3 heterocycles. The maximum Gasteiger partial charge on any atom is 0.292 e. The number of ether oxygens (including phenoxy) is 2. The fraction of sp³-hybridized carbons (Fsp3) is 0.174. The van der Waals surface area contributed by atoms with Crippen LogP contribution in [0.1, 0.15) is 29.0 Å². The molecule has 0 fully saturated rings. The van der Waals surface area contributed by atoms with Crippen molar-refractivity contribution in [1.82, 2.24) is 19.7 Å². The van der Waals surface area contributed by atoms with Gasteiger partial charge in [0.1, 0.15) is 24.7 Å². The number of carbonyl (C=O) groups excluding carboxylic acids is 1. The third kappa shape index (κ3) is 3.68. The van der Waals surface area contributed by atoms with Gasteiger partial charge in [-0.1, -0.05) is 12.1 Å². The van der Waals surface area contributed by atoms with E-state index in [0.29, 0.717) is 30.4 Å². The second kappa shape index (κ2) is 7.84. The number of carbonyl (C=O) groups is 1. The van der Waals surface area contributed by atoms with E-state index in [2.05, 4.69) is 15.3 Å². The molecule has 0 unspecified atom stereocenters. The number of aromatic amines is 1. The van der Waals surface area contributed by atoms with Crippen molar-refractivity contribution in [2.24, 2.45) is 0 Å². The van der Waals surface area contributed by atoms with Gasteiger partial charge in [0.15, 0.2) is 11.5 Å². The van der Waals surface area contributed by atoms with Gasteiger partial charge in [0, 0.05) is 18.0 Å². The average Bonchev–Trinajstić information content (AvgIpc) is 3.24. The Hall–Kier alpha value is -4.14. The smallest absolute Gasteiger partial charge is 0.292 e. The summed E-state index contributed by atoms with van der Waals surface area (Å²) >= 11 is 0. The van der Waals surface area contributed by atoms with Crippen molar-refractivity contribution < 1.29 is 18.7 Å². The topological polar surface area (TPSA) is 97.7 Å². The zero-order valence-corrected chi connectivity index (χ0v) is 17.1. The summed E-state index contributed by atoms with van der Waals surface area (Å²) < 4.78 is 25.8. The molecule has 2 aromatic heterocycles. The normalized spacial score (nSPS) is 13.7. The second-order valence-electron chi connectivity index (χ2n) is 7.46. The first-order valence-electron chi connectivity index (χ1n) is 10.1. The van der Waals surface area contributed by atoms with Crippen LogP contribution < -0.4 is 20.3 Å². The average molecular weight is 434 g/mol. The van der Waals surface area contributed by atoms with Crippen LogP contribution in [-0.4, -0.2) is 33.5 Å². The Morgan fingerprint density at radius 1 is 1.12 bits per heavy atom. The summed E-state index contributed by atoms with van der Waals surface area (Å²) in [6, 6.07) is 10.9. The van der Waals surface area contributed by atoms with Crippen molar-refractivity contribution in [2.75, 3.05) is 13.2 Å². The predicted octanol–water partition coefficient (Wildman–Crippen LogP) is 3.09. The molecule has 1 aliphatic heterocycles. The van der Waals surface area contributed by atoms with Crippen LogP contribution in [-0.2, 0) is 0 Å². The lowest BCUT2D eigenvalue weighted by molar-refractivity contribution is 0.0935. The number of hydrogen-bond donors (Lipinski definition) is 2. The quantitative estimate of drug-likeness (QED) is 0.515. The van der Waals surface area contributed by atoms with Crippen molar-refractivity contribution in [2.45, 2.75) is 13.0 Å². The van der Waals surface area contributed by atoms with Gasteiger partial charge in [0.05, 0.1) is 11.7 Å². The van der Waals surface area contributed by atoms with Crippen molar-refractivity contribution >= 4 is 11.6 Å². The minimum atomic E-state index is -0.439. The Balaban J connectivity index is 1.43. The number of nitrogens with zero attached hydrogens (tertiary/aromatic N) is 2. The van der Waals surface area contributed by atoms with E-state index in [1.807, 2.05) is 6.07 Å². The molecule has 0 bridgehead atoms. The minimum Gasteiger partial charge on any atom is -0.486 e. The van der Waals surface area contributed by atoms with Crippen LogP contribution in [0.5, 0.6) is 11.5 Å². The van der Waals surface area contributed by atoms with Crippen LogP contribution in [0.2, 0.25) is 0 Å². The molecule has 1 atom stereocenters. The number of benzene rings is 2. The van der Waals surface area contributed by atoms with E-state index >= 15 is 0 Å². The lowest BCUT2D eigenvalue weighted by Crippen LogP contribution is -2.27. The Labute approximate surface area is 181 Å². The number of halogens is 1. The standard InChI is InChI=1S/C23H19FN4O4/c1-13(14-2-5-16(24)6-3-14)25-22(29)18-12-28-11-17(27-23(30)21(28)26-18)15-4-7-19-20(10-15)32-9-8-31-19/h2-7,10-13H,8-9H2,1H3,(H,25,29)(H,27,30)/t13-/m1/s1. The molecule has 162 valence electrons. The first-order chi connectivity index (χ1) is 15.5. The summed E-state index contributed by atoms with van der Waals surface area (Å²) in [7, 11) is 0. The lowest BCUT2D eigenvalue weighted by Gasteiger charge is -2.18. The summed E-state index contributed by atoms with van der Waals surface area (Å²) in [4.78, 5) is 32.3. The Bertz CT molecular complexity index is 1380. The van der Waals surface area contributed by atoms with E-state index in [1.54, 1.807) is 37.4 Å². The van der Waals surface area contributed by atoms with Gasteiger partial charge >= 0.3 is 0 Å². The molecule has 0 saturated carbocycles. The molecule has 0 spiro atoms. The van der Waals surface area contributed by atoms with E-state index in [9.17, 15) is 14.0 Å². The van der Waals surface area contributed by atoms with E-state index in [1.165, 1.54) is 22.7 Å². The maximum atomic E-state index is 13.1. The molecule has 1 amide bonds. The van der Waals surface area contributed by atoms with Crippen LogP contribution >= 0.6 is 0 Å². The summed E-state index contributed by atoms with van der Waals surface area (Å²) in [6.07, 6.45) is 3.19. The molecule has 32 heavy (non-hydrogen) atoms. The molecule has 4 aromatic rings. The molecular weight excluding hydrogens is 415 g/mol. The third-order valence-corrected chi connectivity index (χ3v) is 5.26. The van der Waals surface area contributed by atoms with Crippen LogP contribution in [0.3, 0.4) is 0 Å². The summed E-state index contributed by atoms with van der Waals surface area (Å²) in [5.41, 5.74) is 1.81. The minimum absolute atomic E-state index is 0.101. The zero-order valence-electron chi connectivity index (χ0n) is 17.1. The highest BCUT2D eigenvalue weighted by atomic mass is 19.1. The van der Waals surface area contributed by atoms with Gasteiger partial charge in [0.2, 0.25) is 5.65 Å². The number of aromatic nitrogens is 3. The van der Waals surface area contributed by atoms with Crippen molar-refractivity contribution in [3.05, 3.63) is 82.3 Å². The number of hydrogen-bond acceptors (Lipinski definition) is 5. The van der Waals surface area contributed by atoms with Crippen LogP contribution in [0, 0.1) is 5.82 Å². The molecule has 2 N–H and O–H groups in total. The third-order valence-electron chi connectivity index (χ3n) is 5.26. The zero-order chi connectivity index (χ0) is 22.2. The van der Waals surface area contributed by atoms with Gasteiger partial charge < -0.3 is 19.8 Å². The monoisotopic (exact) mass is 434 g/mol. The molecule has 0 radical (unpaired) electrons. The van der Waals surface area contributed by atoms with Gasteiger partial charge in [-0.3, -0.25) is 14.0 Å². The highest BCUT2D eigenvalue weighted by Gasteiger charge is 2.18. The van der Waals surface area contributed by atoms with E-state index in [-0.39, 0.29) is 23.2 Å². The SMILES string of the molecule is C[C@@H](NC(=O)c1cn2cc(-c3ccc4c(c3)OCCO4)[nH]c(=O)c2n1)c1ccc(F)cc1. The maximum absolute atomic E-state index is 13.1. The summed E-state index contributed by atoms with van der Waals surface area (Å²) in [5.74, 6) is 0.474. The first-order valence-corrected chi connectivity index (χ1v) is 10.1. The number of amides is 1. The van der Waals surface area contributed by atoms with E-state index < -0.39 is 11.5 Å². The van der Waals surface area contributed by atoms with Crippen LogP contribution in [0.4, 0.5) is 4.39 Å². The fourth-order valence-electron chi connectivity index (χ4n) is 3.58. The van der Waals surface area contributed by atoms with Crippen molar-refractivity contribution in [1.29, 1.82) is 0 Å². The number of rotatable bonds is 4. The molecule has 1 aliphatic rings. The van der Waals surface area contributed by atoms with E-state index in [4.69, 9.17) is 9.47 Å². The molecule has 0 saturated heterocycles. The van der Waals surface area contributed by atoms with Gasteiger partial charge in [0.25, 0.3) is 11.5 Å². The van der Waals surface area contributed by atoms with Gasteiger partial charge in [-0.15, -0.1) is 0 Å². The Morgan fingerprint density at radius 2 is 1.88 bits per heavy atom. The first kappa shape index (κ1) is 19.8. The Morgan fingerprint density at radius 3 is 2.66 bits per heavy atom. The largest absolute Gasteiger partial charge is 0.486 e. The number of fused-ring (bicyclic) bond motifs is 2. The van der Waals surface area contributed by atoms with E-state index in [0.717, 1.165) is 11.1 Å². The van der Waals surface area contributed by atoms with Crippen molar-refractivity contribution in [3.63, 3.8) is 0 Å². The van der Waals surface area contributed by atoms with Gasteiger partial charge in [-0.2, -0.15) is 0 Å². The number of imidazole rings is 1. The van der Waals surface area contributed by atoms with Gasteiger partial charge in [-0.05, 0) is 42.8 Å². The number of nitrogens with one attached hydrogen (secondary N) is 2. The van der Waals surface area contributed by atoms with Gasteiger partial charge in [-0.25, -0.2) is 9.37 Å². The lowest BCUT2D eigenvalue weighted by atomic mass is 10.1. The molecule has 0 aliphatic carbocycles. The highest BCUT2D eigenvalue weighted by Crippen LogP contribution is 2.33. The molecular formula is C23H19FN4O4. The number of H-pyrrole nitrogens is 1. The predicted molar refractivity (Wildman–Crippen MR) is 115 cm³/mol. The summed E-state index contributed by atoms with van der Waals surface area (Å²) in [5, 5.41) is 2.81. The molecule has 2 aromatic carbocycles. The molecule has 9 heteroatoms. The molecule has 8 nitrogen and oxygen atoms in total. The Kier molecular flexibility index (Phi) is 4.85. The molecule has 5 rings (SSSR count). The van der Waals surface area contributed by atoms with Crippen LogP contribution in [0.25, 0.3) is 16.9 Å². The fourth-order valence-corrected chi connectivity index (χ4v) is 3.58. The van der Waals surface area contributed by atoms with Crippen LogP contribution in [0.15, 0.2) is 59.7 Å². The van der Waals surface area contributed by atoms with Crippen molar-refractivity contribution in [3.8, 4) is 22.8 Å².